The minimum atomic E-state index is 0.894. The minimum absolute atomic E-state index is 0.894. The molecule has 0 aliphatic heterocycles. The van der Waals surface area contributed by atoms with E-state index in [0.717, 1.165) is 24.1 Å². The lowest BCUT2D eigenvalue weighted by molar-refractivity contribution is 0.787. The van der Waals surface area contributed by atoms with Gasteiger partial charge in [0.25, 0.3) is 0 Å². The molecule has 2 unspecified atom stereocenters. The van der Waals surface area contributed by atoms with Crippen LogP contribution in [0.2, 0.25) is 0 Å². The van der Waals surface area contributed by atoms with Crippen molar-refractivity contribution >= 4 is 5.69 Å². The van der Waals surface area contributed by atoms with Crippen LogP contribution in [-0.4, -0.2) is 11.5 Å². The summed E-state index contributed by atoms with van der Waals surface area (Å²) in [4.78, 5) is 4.04. The number of hydrogen-bond donors (Lipinski definition) is 1. The number of aromatic nitrogens is 1. The first-order valence-electron chi connectivity index (χ1n) is 4.50. The molecule has 0 amide bonds. The zero-order valence-electron chi connectivity index (χ0n) is 7.33. The molecule has 0 radical (unpaired) electrons. The van der Waals surface area contributed by atoms with Gasteiger partial charge in [0.05, 0.1) is 5.69 Å². The molecular weight excluding hydrogens is 148 g/mol. The van der Waals surface area contributed by atoms with Crippen molar-refractivity contribution in [2.45, 2.75) is 13.3 Å². The Morgan fingerprint density at radius 1 is 1.67 bits per heavy atom. The van der Waals surface area contributed by atoms with Gasteiger partial charge in [0.2, 0.25) is 0 Å². The first-order chi connectivity index (χ1) is 5.86. The van der Waals surface area contributed by atoms with Gasteiger partial charge in [-0.15, -0.1) is 0 Å². The van der Waals surface area contributed by atoms with Crippen LogP contribution in [0.4, 0.5) is 5.69 Å². The molecule has 0 bridgehead atoms. The highest BCUT2D eigenvalue weighted by Gasteiger charge is 2.31. The lowest BCUT2D eigenvalue weighted by Crippen LogP contribution is -2.04. The molecule has 1 saturated carbocycles. The van der Waals surface area contributed by atoms with Crippen LogP contribution < -0.4 is 5.32 Å². The largest absolute Gasteiger partial charge is 0.384 e. The molecule has 0 aromatic carbocycles. The Morgan fingerprint density at radius 3 is 3.08 bits per heavy atom. The van der Waals surface area contributed by atoms with Crippen LogP contribution in [0.1, 0.15) is 13.3 Å². The highest BCUT2D eigenvalue weighted by Crippen LogP contribution is 2.37. The summed E-state index contributed by atoms with van der Waals surface area (Å²) in [6.45, 7) is 3.41. The van der Waals surface area contributed by atoms with Crippen LogP contribution in [-0.2, 0) is 0 Å². The predicted molar refractivity (Wildman–Crippen MR) is 50.0 cm³/mol. The van der Waals surface area contributed by atoms with E-state index >= 15 is 0 Å². The Labute approximate surface area is 73.0 Å². The molecule has 0 saturated heterocycles. The van der Waals surface area contributed by atoms with Crippen LogP contribution in [0.15, 0.2) is 24.5 Å². The van der Waals surface area contributed by atoms with Gasteiger partial charge in [-0.3, -0.25) is 4.98 Å². The van der Waals surface area contributed by atoms with Gasteiger partial charge in [-0.2, -0.15) is 0 Å². The third-order valence-corrected chi connectivity index (χ3v) is 2.51. The number of anilines is 1. The number of hydrogen-bond acceptors (Lipinski definition) is 2. The molecule has 2 nitrogen and oxygen atoms in total. The molecule has 2 atom stereocenters. The van der Waals surface area contributed by atoms with Gasteiger partial charge in [-0.05, 0) is 30.4 Å². The minimum Gasteiger partial charge on any atom is -0.384 e. The zero-order chi connectivity index (χ0) is 8.39. The molecular formula is C10H14N2. The summed E-state index contributed by atoms with van der Waals surface area (Å²) in [6.07, 6.45) is 5.05. The normalized spacial score (nSPS) is 26.8. The summed E-state index contributed by atoms with van der Waals surface area (Å²) >= 11 is 0. The van der Waals surface area contributed by atoms with Crippen LogP contribution in [0.3, 0.4) is 0 Å². The number of rotatable bonds is 3. The van der Waals surface area contributed by atoms with E-state index in [1.165, 1.54) is 6.42 Å². The van der Waals surface area contributed by atoms with E-state index in [2.05, 4.69) is 23.3 Å². The molecule has 12 heavy (non-hydrogen) atoms. The highest BCUT2D eigenvalue weighted by molar-refractivity contribution is 5.39. The average molecular weight is 162 g/mol. The number of pyridine rings is 1. The first kappa shape index (κ1) is 7.59. The second-order valence-electron chi connectivity index (χ2n) is 3.60. The average Bonchev–Trinajstić information content (AvgIpc) is 2.81. The van der Waals surface area contributed by atoms with E-state index in [4.69, 9.17) is 0 Å². The Morgan fingerprint density at radius 2 is 2.50 bits per heavy atom. The van der Waals surface area contributed by atoms with Gasteiger partial charge in [0.15, 0.2) is 0 Å². The topological polar surface area (TPSA) is 24.9 Å². The summed E-state index contributed by atoms with van der Waals surface area (Å²) in [6, 6.07) is 4.01. The van der Waals surface area contributed by atoms with E-state index in [1.807, 2.05) is 12.3 Å². The van der Waals surface area contributed by atoms with E-state index < -0.39 is 0 Å². The van der Waals surface area contributed by atoms with Crippen molar-refractivity contribution in [3.8, 4) is 0 Å². The molecule has 2 heteroatoms. The van der Waals surface area contributed by atoms with E-state index in [1.54, 1.807) is 6.20 Å². The van der Waals surface area contributed by atoms with Crippen molar-refractivity contribution in [2.75, 3.05) is 11.9 Å². The van der Waals surface area contributed by atoms with Crippen molar-refractivity contribution in [1.82, 2.24) is 4.98 Å². The molecule has 1 aromatic heterocycles. The van der Waals surface area contributed by atoms with Crippen LogP contribution >= 0.6 is 0 Å². The smallest absolute Gasteiger partial charge is 0.0526 e. The quantitative estimate of drug-likeness (QED) is 0.736. The monoisotopic (exact) mass is 162 g/mol. The van der Waals surface area contributed by atoms with Gasteiger partial charge < -0.3 is 5.32 Å². The lowest BCUT2D eigenvalue weighted by atomic mass is 10.3. The van der Waals surface area contributed by atoms with Gasteiger partial charge in [-0.25, -0.2) is 0 Å². The van der Waals surface area contributed by atoms with Crippen LogP contribution in [0, 0.1) is 11.8 Å². The molecule has 1 aliphatic rings. The maximum Gasteiger partial charge on any atom is 0.0526 e. The van der Waals surface area contributed by atoms with Crippen molar-refractivity contribution in [1.29, 1.82) is 0 Å². The number of nitrogens with zero attached hydrogens (tertiary/aromatic N) is 1. The molecule has 2 rings (SSSR count). The molecule has 1 heterocycles. The Balaban J connectivity index is 1.80. The Bertz CT molecular complexity index is 245. The second-order valence-corrected chi connectivity index (χ2v) is 3.60. The maximum absolute atomic E-state index is 4.04. The predicted octanol–water partition coefficient (Wildman–Crippen LogP) is 2.15. The van der Waals surface area contributed by atoms with E-state index in [9.17, 15) is 0 Å². The first-order valence-corrected chi connectivity index (χ1v) is 4.50. The summed E-state index contributed by atoms with van der Waals surface area (Å²) in [5.41, 5.74) is 1.14. The van der Waals surface area contributed by atoms with Crippen LogP contribution in [0.5, 0.6) is 0 Å². The second kappa shape index (κ2) is 3.13. The summed E-state index contributed by atoms with van der Waals surface area (Å²) in [5.74, 6) is 1.82. The van der Waals surface area contributed by atoms with Crippen molar-refractivity contribution in [3.63, 3.8) is 0 Å². The Kier molecular flexibility index (Phi) is 1.98. The van der Waals surface area contributed by atoms with Crippen molar-refractivity contribution in [3.05, 3.63) is 24.5 Å². The molecule has 1 aliphatic carbocycles. The molecule has 1 fully saturated rings. The van der Waals surface area contributed by atoms with Crippen molar-refractivity contribution < 1.29 is 0 Å². The van der Waals surface area contributed by atoms with Crippen LogP contribution in [0.25, 0.3) is 0 Å². The Hall–Kier alpha value is -1.05. The lowest BCUT2D eigenvalue weighted by Gasteiger charge is -2.03. The van der Waals surface area contributed by atoms with Gasteiger partial charge in [-0.1, -0.05) is 6.92 Å². The van der Waals surface area contributed by atoms with Gasteiger partial charge in [0, 0.05) is 18.9 Å². The number of nitrogens with one attached hydrogen (secondary N) is 1. The van der Waals surface area contributed by atoms with Gasteiger partial charge >= 0.3 is 0 Å². The summed E-state index contributed by atoms with van der Waals surface area (Å²) in [5, 5.41) is 3.37. The molecule has 1 aromatic rings. The maximum atomic E-state index is 4.04. The van der Waals surface area contributed by atoms with Crippen molar-refractivity contribution in [2.24, 2.45) is 11.8 Å². The fourth-order valence-corrected chi connectivity index (χ4v) is 1.40. The highest BCUT2D eigenvalue weighted by atomic mass is 14.9. The summed E-state index contributed by atoms with van der Waals surface area (Å²) < 4.78 is 0. The molecule has 64 valence electrons. The van der Waals surface area contributed by atoms with Gasteiger partial charge in [0.1, 0.15) is 0 Å². The SMILES string of the molecule is CC1CC1CNc1cccnc1. The fraction of sp³-hybridized carbons (Fsp3) is 0.500. The molecule has 0 spiro atoms. The van der Waals surface area contributed by atoms with E-state index in [-0.39, 0.29) is 0 Å². The third kappa shape index (κ3) is 1.76. The fourth-order valence-electron chi connectivity index (χ4n) is 1.40. The third-order valence-electron chi connectivity index (χ3n) is 2.51. The standard InChI is InChI=1S/C10H14N2/c1-8-5-9(8)6-12-10-3-2-4-11-7-10/h2-4,7-9,12H,5-6H2,1H3. The van der Waals surface area contributed by atoms with E-state index in [0.29, 0.717) is 0 Å². The molecule has 1 N–H and O–H groups in total. The zero-order valence-corrected chi connectivity index (χ0v) is 7.33. The summed E-state index contributed by atoms with van der Waals surface area (Å²) in [7, 11) is 0.